The number of hydrogen-bond acceptors (Lipinski definition) is 4. The van der Waals surface area contributed by atoms with Crippen molar-refractivity contribution in [3.63, 3.8) is 0 Å². The molecule has 30 heavy (non-hydrogen) atoms. The minimum atomic E-state index is -0.164. The lowest BCUT2D eigenvalue weighted by atomic mass is 10.0. The average molecular weight is 403 g/mol. The lowest BCUT2D eigenvalue weighted by Gasteiger charge is -2.29. The summed E-state index contributed by atoms with van der Waals surface area (Å²) in [6, 6.07) is 18.9. The van der Waals surface area contributed by atoms with Crippen LogP contribution in [0.4, 0.5) is 5.69 Å². The second-order valence-corrected chi connectivity index (χ2v) is 7.39. The highest BCUT2D eigenvalue weighted by Crippen LogP contribution is 2.27. The first-order valence-corrected chi connectivity index (χ1v) is 10.3. The number of hydrogen-bond donors (Lipinski definition) is 0. The van der Waals surface area contributed by atoms with Gasteiger partial charge in [-0.25, -0.2) is 4.68 Å². The third-order valence-corrected chi connectivity index (χ3v) is 5.42. The molecule has 0 unspecified atom stereocenters. The summed E-state index contributed by atoms with van der Waals surface area (Å²) >= 11 is 0. The topological polar surface area (TPSA) is 64.4 Å². The fourth-order valence-electron chi connectivity index (χ4n) is 3.83. The number of aromatic nitrogens is 2. The Bertz CT molecular complexity index is 1090. The molecule has 154 valence electrons. The van der Waals surface area contributed by atoms with Crippen molar-refractivity contribution in [3.8, 4) is 17.0 Å². The van der Waals surface area contributed by atoms with Crippen molar-refractivity contribution >= 4 is 11.6 Å². The Morgan fingerprint density at radius 3 is 2.67 bits per heavy atom. The van der Waals surface area contributed by atoms with Crippen LogP contribution >= 0.6 is 0 Å². The molecule has 0 aliphatic carbocycles. The molecule has 1 aliphatic heterocycles. The number of fused-ring (bicyclic) bond motifs is 1. The fourth-order valence-corrected chi connectivity index (χ4v) is 3.83. The zero-order valence-electron chi connectivity index (χ0n) is 17.1. The number of nitrogens with zero attached hydrogens (tertiary/aromatic N) is 3. The van der Waals surface area contributed by atoms with Gasteiger partial charge in [0.15, 0.2) is 0 Å². The quantitative estimate of drug-likeness (QED) is 0.630. The van der Waals surface area contributed by atoms with Crippen molar-refractivity contribution in [2.24, 2.45) is 0 Å². The summed E-state index contributed by atoms with van der Waals surface area (Å²) in [6.07, 6.45) is 2.94. The van der Waals surface area contributed by atoms with Crippen molar-refractivity contribution in [3.05, 3.63) is 76.6 Å². The normalized spacial score (nSPS) is 13.0. The minimum Gasteiger partial charge on any atom is -0.497 e. The van der Waals surface area contributed by atoms with Gasteiger partial charge in [-0.3, -0.25) is 9.59 Å². The summed E-state index contributed by atoms with van der Waals surface area (Å²) in [5, 5.41) is 4.48. The van der Waals surface area contributed by atoms with E-state index >= 15 is 0 Å². The third kappa shape index (κ3) is 4.27. The van der Waals surface area contributed by atoms with Gasteiger partial charge in [-0.1, -0.05) is 18.2 Å². The van der Waals surface area contributed by atoms with E-state index in [9.17, 15) is 9.59 Å². The Morgan fingerprint density at radius 1 is 1.07 bits per heavy atom. The SMILES string of the molecule is COc1ccc(-c2ccc(=O)n(CCCC(=O)N3CCCc4ccccc43)n2)cc1. The van der Waals surface area contributed by atoms with Gasteiger partial charge in [0.05, 0.1) is 12.8 Å². The Labute approximate surface area is 175 Å². The van der Waals surface area contributed by atoms with E-state index in [1.807, 2.05) is 47.4 Å². The first-order chi connectivity index (χ1) is 14.7. The highest BCUT2D eigenvalue weighted by atomic mass is 16.5. The highest BCUT2D eigenvalue weighted by molar-refractivity contribution is 5.94. The lowest BCUT2D eigenvalue weighted by Crippen LogP contribution is -2.35. The number of rotatable bonds is 6. The molecule has 2 aromatic carbocycles. The molecule has 0 bridgehead atoms. The summed E-state index contributed by atoms with van der Waals surface area (Å²) in [7, 11) is 1.62. The molecule has 1 aromatic heterocycles. The minimum absolute atomic E-state index is 0.0986. The molecular formula is C24H25N3O3. The van der Waals surface area contributed by atoms with E-state index < -0.39 is 0 Å². The van der Waals surface area contributed by atoms with Gasteiger partial charge >= 0.3 is 0 Å². The Hall–Kier alpha value is -3.41. The Morgan fingerprint density at radius 2 is 1.87 bits per heavy atom. The predicted octanol–water partition coefficient (Wildman–Crippen LogP) is 3.68. The summed E-state index contributed by atoms with van der Waals surface area (Å²) in [6.45, 7) is 1.16. The molecule has 0 atom stereocenters. The summed E-state index contributed by atoms with van der Waals surface area (Å²) in [4.78, 5) is 26.9. The number of para-hydroxylation sites is 1. The highest BCUT2D eigenvalue weighted by Gasteiger charge is 2.21. The Kier molecular flexibility index (Phi) is 5.93. The smallest absolute Gasteiger partial charge is 0.266 e. The number of aryl methyl sites for hydroxylation is 2. The molecule has 2 heterocycles. The molecule has 3 aromatic rings. The number of amides is 1. The van der Waals surface area contributed by atoms with Crippen molar-refractivity contribution < 1.29 is 9.53 Å². The maximum Gasteiger partial charge on any atom is 0.266 e. The number of ether oxygens (including phenoxy) is 1. The molecule has 0 radical (unpaired) electrons. The van der Waals surface area contributed by atoms with E-state index in [0.717, 1.165) is 36.4 Å². The number of benzene rings is 2. The second-order valence-electron chi connectivity index (χ2n) is 7.39. The zero-order valence-corrected chi connectivity index (χ0v) is 17.1. The molecule has 0 spiro atoms. The number of anilines is 1. The zero-order chi connectivity index (χ0) is 20.9. The number of carbonyl (C=O) groups excluding carboxylic acids is 1. The molecule has 0 saturated heterocycles. The summed E-state index contributed by atoms with van der Waals surface area (Å²) < 4.78 is 6.63. The van der Waals surface area contributed by atoms with Crippen LogP contribution in [0.25, 0.3) is 11.3 Å². The predicted molar refractivity (Wildman–Crippen MR) is 117 cm³/mol. The van der Waals surface area contributed by atoms with Crippen LogP contribution < -0.4 is 15.2 Å². The van der Waals surface area contributed by atoms with Crippen LogP contribution in [0.3, 0.4) is 0 Å². The number of carbonyl (C=O) groups is 1. The number of methoxy groups -OCH3 is 1. The van der Waals surface area contributed by atoms with E-state index in [-0.39, 0.29) is 11.5 Å². The molecule has 0 fully saturated rings. The molecule has 0 N–H and O–H groups in total. The Balaban J connectivity index is 1.42. The van der Waals surface area contributed by atoms with E-state index in [1.54, 1.807) is 13.2 Å². The van der Waals surface area contributed by atoms with Gasteiger partial charge in [0.25, 0.3) is 5.56 Å². The van der Waals surface area contributed by atoms with Gasteiger partial charge < -0.3 is 9.64 Å². The molecule has 4 rings (SSSR count). The van der Waals surface area contributed by atoms with Crippen LogP contribution in [0.5, 0.6) is 5.75 Å². The molecular weight excluding hydrogens is 378 g/mol. The third-order valence-electron chi connectivity index (χ3n) is 5.42. The standard InChI is InChI=1S/C24H25N3O3/c1-30-20-12-10-18(11-13-20)21-14-15-24(29)27(25-21)17-5-9-23(28)26-16-4-7-19-6-2-3-8-22(19)26/h2-3,6,8,10-15H,4-5,7,9,16-17H2,1H3. The van der Waals surface area contributed by atoms with Crippen LogP contribution in [0, 0.1) is 0 Å². The van der Waals surface area contributed by atoms with E-state index in [4.69, 9.17) is 4.74 Å². The molecule has 1 aliphatic rings. The van der Waals surface area contributed by atoms with Gasteiger partial charge in [0, 0.05) is 36.8 Å². The monoisotopic (exact) mass is 403 g/mol. The van der Waals surface area contributed by atoms with Crippen molar-refractivity contribution in [2.75, 3.05) is 18.6 Å². The molecule has 6 heteroatoms. The van der Waals surface area contributed by atoms with Gasteiger partial charge in [-0.15, -0.1) is 0 Å². The van der Waals surface area contributed by atoms with E-state index in [1.165, 1.54) is 16.3 Å². The summed E-state index contributed by atoms with van der Waals surface area (Å²) in [5.74, 6) is 0.867. The largest absolute Gasteiger partial charge is 0.497 e. The first kappa shape index (κ1) is 19.9. The van der Waals surface area contributed by atoms with Crippen molar-refractivity contribution in [1.29, 1.82) is 0 Å². The van der Waals surface area contributed by atoms with Crippen molar-refractivity contribution in [1.82, 2.24) is 9.78 Å². The lowest BCUT2D eigenvalue weighted by molar-refractivity contribution is -0.118. The van der Waals surface area contributed by atoms with Gasteiger partial charge in [0.1, 0.15) is 5.75 Å². The maximum atomic E-state index is 12.8. The van der Waals surface area contributed by atoms with Gasteiger partial charge in [-0.2, -0.15) is 5.10 Å². The average Bonchev–Trinajstić information content (AvgIpc) is 2.80. The van der Waals surface area contributed by atoms with Crippen LogP contribution in [-0.4, -0.2) is 29.3 Å². The van der Waals surface area contributed by atoms with Crippen LogP contribution in [0.2, 0.25) is 0 Å². The fraction of sp³-hybridized carbons (Fsp3) is 0.292. The van der Waals surface area contributed by atoms with Crippen LogP contribution in [0.15, 0.2) is 65.5 Å². The second kappa shape index (κ2) is 8.95. The summed E-state index contributed by atoms with van der Waals surface area (Å²) in [5.41, 5.74) is 3.70. The van der Waals surface area contributed by atoms with E-state index in [0.29, 0.717) is 25.1 Å². The van der Waals surface area contributed by atoms with E-state index in [2.05, 4.69) is 11.2 Å². The molecule has 6 nitrogen and oxygen atoms in total. The van der Waals surface area contributed by atoms with Gasteiger partial charge in [-0.05, 0) is 61.2 Å². The maximum absolute atomic E-state index is 12.8. The van der Waals surface area contributed by atoms with Crippen molar-refractivity contribution in [2.45, 2.75) is 32.2 Å². The molecule has 1 amide bonds. The van der Waals surface area contributed by atoms with Crippen LogP contribution in [0.1, 0.15) is 24.8 Å². The first-order valence-electron chi connectivity index (χ1n) is 10.3. The van der Waals surface area contributed by atoms with Gasteiger partial charge in [0.2, 0.25) is 5.91 Å². The van der Waals surface area contributed by atoms with Crippen LogP contribution in [-0.2, 0) is 17.8 Å². The molecule has 0 saturated carbocycles.